The molecule has 1 atom stereocenters. The van der Waals surface area contributed by atoms with Gasteiger partial charge in [-0.3, -0.25) is 14.2 Å². The number of alkyl halides is 1. The van der Waals surface area contributed by atoms with Crippen molar-refractivity contribution in [1.29, 1.82) is 0 Å². The number of hydrogen-bond acceptors (Lipinski definition) is 2. The smallest absolute Gasteiger partial charge is 0.270 e. The summed E-state index contributed by atoms with van der Waals surface area (Å²) in [7, 11) is 0. The molecule has 4 heteroatoms. The molecule has 6 rings (SSSR count). The molecule has 1 heterocycles. The van der Waals surface area contributed by atoms with Crippen LogP contribution in [0.3, 0.4) is 0 Å². The number of carbonyl (C=O) groups is 1. The lowest BCUT2D eigenvalue weighted by molar-refractivity contribution is -0.120. The van der Waals surface area contributed by atoms with Crippen molar-refractivity contribution < 1.29 is 9.18 Å². The van der Waals surface area contributed by atoms with Crippen molar-refractivity contribution >= 4 is 11.6 Å². The summed E-state index contributed by atoms with van der Waals surface area (Å²) in [6.07, 6.45) is 11.0. The van der Waals surface area contributed by atoms with E-state index in [4.69, 9.17) is 4.99 Å². The number of aliphatic imine (C=N–C) groups is 1. The zero-order valence-corrected chi connectivity index (χ0v) is 16.6. The van der Waals surface area contributed by atoms with Gasteiger partial charge in [-0.15, -0.1) is 0 Å². The van der Waals surface area contributed by atoms with Crippen LogP contribution in [0.25, 0.3) is 0 Å². The third kappa shape index (κ3) is 3.29. The zero-order chi connectivity index (χ0) is 19.1. The van der Waals surface area contributed by atoms with E-state index in [-0.39, 0.29) is 24.2 Å². The predicted octanol–water partition coefficient (Wildman–Crippen LogP) is 5.15. The Morgan fingerprint density at radius 2 is 1.71 bits per heavy atom. The second-order valence-electron chi connectivity index (χ2n) is 9.77. The fraction of sp³-hybridized carbons (Fsp3) is 0.667. The minimum Gasteiger partial charge on any atom is -0.345 e. The van der Waals surface area contributed by atoms with Gasteiger partial charge in [0.1, 0.15) is 5.71 Å². The van der Waals surface area contributed by atoms with E-state index in [0.29, 0.717) is 12.1 Å². The molecule has 0 aromatic heterocycles. The number of halogens is 1. The normalized spacial score (nSPS) is 35.0. The van der Waals surface area contributed by atoms with Crippen molar-refractivity contribution in [1.82, 2.24) is 5.32 Å². The molecule has 4 bridgehead atoms. The third-order valence-electron chi connectivity index (χ3n) is 7.60. The first kappa shape index (κ1) is 18.3. The van der Waals surface area contributed by atoms with Gasteiger partial charge in [0.2, 0.25) is 0 Å². The number of hydrogen-bond donors (Lipinski definition) is 1. The quantitative estimate of drug-likeness (QED) is 0.652. The predicted molar refractivity (Wildman–Crippen MR) is 109 cm³/mol. The van der Waals surface area contributed by atoms with Crippen LogP contribution in [0.2, 0.25) is 0 Å². The Morgan fingerprint density at radius 3 is 2.39 bits per heavy atom. The minimum absolute atomic E-state index is 0.0164. The maximum absolute atomic E-state index is 13.3. The molecule has 0 radical (unpaired) electrons. The van der Waals surface area contributed by atoms with E-state index >= 15 is 0 Å². The van der Waals surface area contributed by atoms with Crippen molar-refractivity contribution in [2.75, 3.05) is 6.67 Å². The molecule has 28 heavy (non-hydrogen) atoms. The van der Waals surface area contributed by atoms with Crippen LogP contribution < -0.4 is 5.32 Å². The van der Waals surface area contributed by atoms with E-state index in [0.717, 1.165) is 61.8 Å². The molecular formula is C24H31FN2O. The summed E-state index contributed by atoms with van der Waals surface area (Å²) < 4.78 is 12.4. The minimum atomic E-state index is -0.247. The molecule has 4 saturated carbocycles. The van der Waals surface area contributed by atoms with Gasteiger partial charge in [0, 0.05) is 11.1 Å². The zero-order valence-electron chi connectivity index (χ0n) is 16.6. The van der Waals surface area contributed by atoms with Gasteiger partial charge in [-0.05, 0) is 74.7 Å². The molecule has 1 unspecified atom stereocenters. The average molecular weight is 383 g/mol. The second kappa shape index (κ2) is 7.27. The number of fused-ring (bicyclic) bond motifs is 1. The fourth-order valence-corrected chi connectivity index (χ4v) is 6.87. The topological polar surface area (TPSA) is 41.5 Å². The maximum Gasteiger partial charge on any atom is 0.270 e. The van der Waals surface area contributed by atoms with E-state index in [1.165, 1.54) is 24.8 Å². The van der Waals surface area contributed by atoms with E-state index in [1.807, 2.05) is 18.2 Å². The van der Waals surface area contributed by atoms with E-state index < -0.39 is 0 Å². The SMILES string of the molecule is O=C(NC12CC3CC(CC(C3)C1)C2)C1=NC(CCCCCF)c2ccccc21. The van der Waals surface area contributed by atoms with Crippen molar-refractivity contribution in [3.05, 3.63) is 35.4 Å². The van der Waals surface area contributed by atoms with Crippen molar-refractivity contribution in [3.63, 3.8) is 0 Å². The van der Waals surface area contributed by atoms with Gasteiger partial charge in [-0.1, -0.05) is 37.1 Å². The average Bonchev–Trinajstić information content (AvgIpc) is 3.03. The molecule has 150 valence electrons. The van der Waals surface area contributed by atoms with Crippen LogP contribution in [0, 0.1) is 17.8 Å². The maximum atomic E-state index is 13.3. The van der Waals surface area contributed by atoms with Gasteiger partial charge in [0.25, 0.3) is 5.91 Å². The van der Waals surface area contributed by atoms with E-state index in [2.05, 4.69) is 11.4 Å². The summed E-state index contributed by atoms with van der Waals surface area (Å²) in [6, 6.07) is 8.22. The number of benzene rings is 1. The number of carbonyl (C=O) groups excluding carboxylic acids is 1. The Balaban J connectivity index is 1.33. The second-order valence-corrected chi connectivity index (χ2v) is 9.77. The summed E-state index contributed by atoms with van der Waals surface area (Å²) in [5.74, 6) is 2.47. The molecular weight excluding hydrogens is 351 g/mol. The highest BCUT2D eigenvalue weighted by Gasteiger charge is 2.52. The van der Waals surface area contributed by atoms with Gasteiger partial charge in [0.15, 0.2) is 0 Å². The van der Waals surface area contributed by atoms with Crippen LogP contribution in [-0.4, -0.2) is 23.8 Å². The molecule has 1 aliphatic heterocycles. The third-order valence-corrected chi connectivity index (χ3v) is 7.60. The van der Waals surface area contributed by atoms with Crippen molar-refractivity contribution in [2.24, 2.45) is 22.7 Å². The molecule has 5 aliphatic rings. The number of nitrogens with zero attached hydrogens (tertiary/aromatic N) is 1. The van der Waals surface area contributed by atoms with Crippen molar-refractivity contribution in [3.8, 4) is 0 Å². The van der Waals surface area contributed by atoms with Gasteiger partial charge in [-0.25, -0.2) is 0 Å². The fourth-order valence-electron chi connectivity index (χ4n) is 6.87. The molecule has 0 saturated heterocycles. The van der Waals surface area contributed by atoms with Crippen LogP contribution in [0.4, 0.5) is 4.39 Å². The molecule has 1 aromatic rings. The standard InChI is InChI=1S/C24H31FN2O/c25-9-5-1-2-8-21-19-6-3-4-7-20(19)22(26-21)23(28)27-24-13-16-10-17(14-24)12-18(11-16)15-24/h3-4,6-7,16-18,21H,1-2,5,8-15H2,(H,27,28). The van der Waals surface area contributed by atoms with Gasteiger partial charge >= 0.3 is 0 Å². The van der Waals surface area contributed by atoms with Crippen LogP contribution >= 0.6 is 0 Å². The largest absolute Gasteiger partial charge is 0.345 e. The first-order valence-electron chi connectivity index (χ1n) is 11.2. The Labute approximate surface area is 167 Å². The molecule has 3 nitrogen and oxygen atoms in total. The Hall–Kier alpha value is -1.71. The molecule has 1 aromatic carbocycles. The van der Waals surface area contributed by atoms with Gasteiger partial charge < -0.3 is 5.32 Å². The highest BCUT2D eigenvalue weighted by atomic mass is 19.1. The van der Waals surface area contributed by atoms with E-state index in [1.54, 1.807) is 0 Å². The van der Waals surface area contributed by atoms with Crippen LogP contribution in [0.5, 0.6) is 0 Å². The number of rotatable bonds is 7. The Morgan fingerprint density at radius 1 is 1.04 bits per heavy atom. The van der Waals surface area contributed by atoms with Gasteiger partial charge in [-0.2, -0.15) is 0 Å². The summed E-state index contributed by atoms with van der Waals surface area (Å²) in [4.78, 5) is 18.2. The van der Waals surface area contributed by atoms with Gasteiger partial charge in [0.05, 0.1) is 12.7 Å². The lowest BCUT2D eigenvalue weighted by Crippen LogP contribution is -2.60. The molecule has 1 N–H and O–H groups in total. The monoisotopic (exact) mass is 382 g/mol. The summed E-state index contributed by atoms with van der Waals surface area (Å²) >= 11 is 0. The van der Waals surface area contributed by atoms with Crippen LogP contribution in [-0.2, 0) is 4.79 Å². The number of unbranched alkanes of at least 4 members (excludes halogenated alkanes) is 2. The first-order valence-corrected chi connectivity index (χ1v) is 11.2. The number of amides is 1. The summed E-state index contributed by atoms with van der Waals surface area (Å²) in [5, 5.41) is 3.49. The Kier molecular flexibility index (Phi) is 4.76. The lowest BCUT2D eigenvalue weighted by atomic mass is 9.53. The highest BCUT2D eigenvalue weighted by molar-refractivity contribution is 6.46. The highest BCUT2D eigenvalue weighted by Crippen LogP contribution is 2.55. The van der Waals surface area contributed by atoms with Crippen molar-refractivity contribution in [2.45, 2.75) is 75.8 Å². The van der Waals surface area contributed by atoms with Crippen LogP contribution in [0.15, 0.2) is 29.3 Å². The molecule has 4 fully saturated rings. The van der Waals surface area contributed by atoms with E-state index in [9.17, 15) is 9.18 Å². The molecule has 0 spiro atoms. The molecule has 1 amide bonds. The summed E-state index contributed by atoms with van der Waals surface area (Å²) in [5.41, 5.74) is 2.81. The Bertz CT molecular complexity index is 751. The summed E-state index contributed by atoms with van der Waals surface area (Å²) in [6.45, 7) is -0.247. The lowest BCUT2D eigenvalue weighted by Gasteiger charge is -2.56. The molecule has 4 aliphatic carbocycles. The van der Waals surface area contributed by atoms with Crippen LogP contribution in [0.1, 0.15) is 81.4 Å². The first-order chi connectivity index (χ1) is 13.7. The number of nitrogens with one attached hydrogen (secondary N) is 1.